The van der Waals surface area contributed by atoms with Crippen LogP contribution in [0.3, 0.4) is 0 Å². The van der Waals surface area contributed by atoms with E-state index in [0.717, 1.165) is 24.3 Å². The molecule has 1 aliphatic rings. The Morgan fingerprint density at radius 3 is 2.80 bits per heavy atom. The molecule has 0 spiro atoms. The highest BCUT2D eigenvalue weighted by Gasteiger charge is 2.32. The first-order valence-corrected chi connectivity index (χ1v) is 9.51. The predicted octanol–water partition coefficient (Wildman–Crippen LogP) is 2.67. The molecular weight excluding hydrogens is 292 g/mol. The summed E-state index contributed by atoms with van der Waals surface area (Å²) in [5, 5.41) is 3.31. The summed E-state index contributed by atoms with van der Waals surface area (Å²) >= 11 is 1.39. The third-order valence-corrected chi connectivity index (χ3v) is 7.16. The summed E-state index contributed by atoms with van der Waals surface area (Å²) in [5.74, 6) is 0.520. The number of hydrogen-bond donors (Lipinski definition) is 1. The van der Waals surface area contributed by atoms with Gasteiger partial charge in [-0.1, -0.05) is 27.2 Å². The molecule has 1 fully saturated rings. The van der Waals surface area contributed by atoms with Crippen LogP contribution in [0.2, 0.25) is 0 Å². The molecule has 0 radical (unpaired) electrons. The lowest BCUT2D eigenvalue weighted by atomic mass is 10.1. The number of nitrogens with zero attached hydrogens (tertiary/aromatic N) is 1. The van der Waals surface area contributed by atoms with Crippen molar-refractivity contribution in [3.8, 4) is 0 Å². The Labute approximate surface area is 126 Å². The molecule has 0 bridgehead atoms. The van der Waals surface area contributed by atoms with Gasteiger partial charge in [0.1, 0.15) is 4.21 Å². The van der Waals surface area contributed by atoms with Crippen molar-refractivity contribution in [2.24, 2.45) is 5.92 Å². The van der Waals surface area contributed by atoms with Crippen LogP contribution in [0.15, 0.2) is 16.3 Å². The van der Waals surface area contributed by atoms with Crippen LogP contribution in [0, 0.1) is 5.92 Å². The largest absolute Gasteiger partial charge is 0.310 e. The van der Waals surface area contributed by atoms with Crippen LogP contribution in [0.25, 0.3) is 0 Å². The Kier molecular flexibility index (Phi) is 5.23. The maximum atomic E-state index is 12.6. The van der Waals surface area contributed by atoms with Gasteiger partial charge in [0.2, 0.25) is 0 Å². The smallest absolute Gasteiger partial charge is 0.252 e. The molecule has 20 heavy (non-hydrogen) atoms. The van der Waals surface area contributed by atoms with E-state index in [1.54, 1.807) is 10.4 Å². The Hall–Kier alpha value is -0.430. The number of hydrogen-bond acceptors (Lipinski definition) is 4. The van der Waals surface area contributed by atoms with Gasteiger partial charge in [0, 0.05) is 30.6 Å². The van der Waals surface area contributed by atoms with Crippen molar-refractivity contribution in [1.29, 1.82) is 0 Å². The molecule has 0 amide bonds. The van der Waals surface area contributed by atoms with E-state index in [2.05, 4.69) is 26.1 Å². The van der Waals surface area contributed by atoms with Crippen molar-refractivity contribution in [3.63, 3.8) is 0 Å². The summed E-state index contributed by atoms with van der Waals surface area (Å²) in [6.07, 6.45) is 2.04. The molecule has 114 valence electrons. The molecule has 1 aromatic heterocycles. The average molecular weight is 316 g/mol. The molecule has 2 rings (SSSR count). The minimum atomic E-state index is -3.28. The van der Waals surface area contributed by atoms with E-state index in [9.17, 15) is 8.42 Å². The van der Waals surface area contributed by atoms with Crippen molar-refractivity contribution in [2.75, 3.05) is 13.1 Å². The van der Waals surface area contributed by atoms with Gasteiger partial charge in [-0.15, -0.1) is 11.3 Å². The summed E-state index contributed by atoms with van der Waals surface area (Å²) < 4.78 is 27.3. The zero-order valence-electron chi connectivity index (χ0n) is 12.4. The second-order valence-electron chi connectivity index (χ2n) is 5.68. The van der Waals surface area contributed by atoms with Gasteiger partial charge in [0.05, 0.1) is 0 Å². The summed E-state index contributed by atoms with van der Waals surface area (Å²) in [6.45, 7) is 8.37. The van der Waals surface area contributed by atoms with E-state index in [4.69, 9.17) is 0 Å². The van der Waals surface area contributed by atoms with Crippen LogP contribution in [-0.4, -0.2) is 31.9 Å². The van der Waals surface area contributed by atoms with Crippen molar-refractivity contribution >= 4 is 21.4 Å². The minimum absolute atomic E-state index is 0.404. The van der Waals surface area contributed by atoms with Gasteiger partial charge in [0.25, 0.3) is 10.0 Å². The Morgan fingerprint density at radius 1 is 1.45 bits per heavy atom. The number of rotatable bonds is 6. The van der Waals surface area contributed by atoms with E-state index in [-0.39, 0.29) is 0 Å². The minimum Gasteiger partial charge on any atom is -0.310 e. The van der Waals surface area contributed by atoms with Gasteiger partial charge in [0.15, 0.2) is 0 Å². The molecule has 6 heteroatoms. The lowest BCUT2D eigenvalue weighted by Gasteiger charge is -2.14. The topological polar surface area (TPSA) is 49.4 Å². The van der Waals surface area contributed by atoms with Crippen LogP contribution >= 0.6 is 11.3 Å². The number of thiophene rings is 1. The van der Waals surface area contributed by atoms with Crippen LogP contribution in [0.5, 0.6) is 0 Å². The first-order chi connectivity index (χ1) is 9.43. The molecule has 0 aliphatic carbocycles. The average Bonchev–Trinajstić information content (AvgIpc) is 3.05. The monoisotopic (exact) mass is 316 g/mol. The van der Waals surface area contributed by atoms with E-state index >= 15 is 0 Å². The lowest BCUT2D eigenvalue weighted by Crippen LogP contribution is -2.28. The molecule has 1 aliphatic heterocycles. The predicted molar refractivity (Wildman–Crippen MR) is 83.5 cm³/mol. The highest BCUT2D eigenvalue weighted by molar-refractivity contribution is 7.91. The van der Waals surface area contributed by atoms with Gasteiger partial charge < -0.3 is 5.32 Å². The fourth-order valence-corrected chi connectivity index (χ4v) is 5.36. The molecule has 1 saturated heterocycles. The third kappa shape index (κ3) is 3.61. The molecule has 0 saturated carbocycles. The normalized spacial score (nSPS) is 20.9. The molecule has 2 heterocycles. The second-order valence-corrected chi connectivity index (χ2v) is 9.02. The summed E-state index contributed by atoms with van der Waals surface area (Å²) in [6, 6.07) is 4.07. The van der Waals surface area contributed by atoms with E-state index in [0.29, 0.717) is 29.3 Å². The van der Waals surface area contributed by atoms with E-state index in [1.165, 1.54) is 11.3 Å². The SMILES string of the molecule is CCC1CCN(S(=O)(=O)c2ccc(CNC(C)C)s2)C1. The summed E-state index contributed by atoms with van der Waals surface area (Å²) in [7, 11) is -3.28. The zero-order chi connectivity index (χ0) is 14.8. The number of sulfonamides is 1. The van der Waals surface area contributed by atoms with Gasteiger partial charge >= 0.3 is 0 Å². The van der Waals surface area contributed by atoms with Crippen molar-refractivity contribution in [3.05, 3.63) is 17.0 Å². The first kappa shape index (κ1) is 15.9. The Morgan fingerprint density at radius 2 is 2.20 bits per heavy atom. The van der Waals surface area contributed by atoms with Gasteiger partial charge in [-0.2, -0.15) is 4.31 Å². The Balaban J connectivity index is 2.06. The van der Waals surface area contributed by atoms with Gasteiger partial charge in [-0.05, 0) is 24.5 Å². The lowest BCUT2D eigenvalue weighted by molar-refractivity contribution is 0.454. The van der Waals surface area contributed by atoms with Crippen molar-refractivity contribution in [1.82, 2.24) is 9.62 Å². The fourth-order valence-electron chi connectivity index (χ4n) is 2.37. The van der Waals surface area contributed by atoms with E-state index < -0.39 is 10.0 Å². The van der Waals surface area contributed by atoms with Crippen LogP contribution in [-0.2, 0) is 16.6 Å². The van der Waals surface area contributed by atoms with Crippen molar-refractivity contribution < 1.29 is 8.42 Å². The molecule has 4 nitrogen and oxygen atoms in total. The maximum Gasteiger partial charge on any atom is 0.252 e. The molecule has 0 aromatic carbocycles. The maximum absolute atomic E-state index is 12.6. The van der Waals surface area contributed by atoms with Crippen LogP contribution in [0.1, 0.15) is 38.5 Å². The van der Waals surface area contributed by atoms with Gasteiger partial charge in [-0.25, -0.2) is 8.42 Å². The van der Waals surface area contributed by atoms with E-state index in [1.807, 2.05) is 6.07 Å². The molecule has 1 N–H and O–H groups in total. The number of nitrogens with one attached hydrogen (secondary N) is 1. The fraction of sp³-hybridized carbons (Fsp3) is 0.714. The quantitative estimate of drug-likeness (QED) is 0.878. The third-order valence-electron chi connectivity index (χ3n) is 3.74. The summed E-state index contributed by atoms with van der Waals surface area (Å²) in [4.78, 5) is 1.07. The van der Waals surface area contributed by atoms with Crippen molar-refractivity contribution in [2.45, 2.75) is 50.4 Å². The van der Waals surface area contributed by atoms with Crippen LogP contribution < -0.4 is 5.32 Å². The van der Waals surface area contributed by atoms with Crippen LogP contribution in [0.4, 0.5) is 0 Å². The molecular formula is C14H24N2O2S2. The van der Waals surface area contributed by atoms with Gasteiger partial charge in [-0.3, -0.25) is 0 Å². The summed E-state index contributed by atoms with van der Waals surface area (Å²) in [5.41, 5.74) is 0. The second kappa shape index (κ2) is 6.56. The highest BCUT2D eigenvalue weighted by atomic mass is 32.2. The highest BCUT2D eigenvalue weighted by Crippen LogP contribution is 2.29. The molecule has 1 atom stereocenters. The Bertz CT molecular complexity index is 537. The standard InChI is InChI=1S/C14H24N2O2S2/c1-4-12-7-8-16(10-12)20(17,18)14-6-5-13(19-14)9-15-11(2)3/h5-6,11-12,15H,4,7-10H2,1-3H3. The molecule has 1 aromatic rings. The molecule has 1 unspecified atom stereocenters. The first-order valence-electron chi connectivity index (χ1n) is 7.25. The zero-order valence-corrected chi connectivity index (χ0v) is 14.1.